The molecule has 37 heavy (non-hydrogen) atoms. The van der Waals surface area contributed by atoms with E-state index in [9.17, 15) is 30.8 Å². The van der Waals surface area contributed by atoms with E-state index in [1.165, 1.54) is 43.6 Å². The second-order valence-corrected chi connectivity index (χ2v) is 12.2. The number of hydrogen-bond donors (Lipinski definition) is 1. The Morgan fingerprint density at radius 1 is 1.19 bits per heavy atom. The van der Waals surface area contributed by atoms with Gasteiger partial charge in [-0.3, -0.25) is 4.79 Å². The number of alkyl halides is 3. The number of benzene rings is 1. The van der Waals surface area contributed by atoms with Crippen molar-refractivity contribution in [1.29, 1.82) is 0 Å². The van der Waals surface area contributed by atoms with Crippen molar-refractivity contribution in [3.05, 3.63) is 59.7 Å². The van der Waals surface area contributed by atoms with Gasteiger partial charge in [-0.1, -0.05) is 0 Å². The number of anilines is 1. The summed E-state index contributed by atoms with van der Waals surface area (Å²) >= 11 is 0. The van der Waals surface area contributed by atoms with Crippen LogP contribution in [0.3, 0.4) is 0 Å². The SMILES string of the molecule is CC(C)(C)S(=O)(=O)NC(=O)c1cnn2ccc(N3CCC[C@@H]3c3cc(F)ccc3OCC(F)(F)F)cc12. The Labute approximate surface area is 211 Å². The van der Waals surface area contributed by atoms with Crippen LogP contribution in [0.4, 0.5) is 23.2 Å². The number of nitrogens with one attached hydrogen (secondary N) is 1. The minimum Gasteiger partial charge on any atom is -0.484 e. The molecule has 200 valence electrons. The molecular formula is C24H26F4N4O4S. The van der Waals surface area contributed by atoms with Crippen molar-refractivity contribution in [2.45, 2.75) is 50.6 Å². The van der Waals surface area contributed by atoms with Gasteiger partial charge in [-0.2, -0.15) is 18.3 Å². The molecule has 0 unspecified atom stereocenters. The minimum atomic E-state index is -4.55. The third kappa shape index (κ3) is 5.65. The van der Waals surface area contributed by atoms with E-state index in [1.807, 2.05) is 4.90 Å². The lowest BCUT2D eigenvalue weighted by Crippen LogP contribution is -2.42. The quantitative estimate of drug-likeness (QED) is 0.458. The van der Waals surface area contributed by atoms with E-state index in [2.05, 4.69) is 9.82 Å². The first-order valence-electron chi connectivity index (χ1n) is 11.5. The maximum Gasteiger partial charge on any atom is 0.422 e. The van der Waals surface area contributed by atoms with Crippen LogP contribution in [0.2, 0.25) is 0 Å². The molecule has 1 saturated heterocycles. The average Bonchev–Trinajstić information content (AvgIpc) is 3.43. The Hall–Kier alpha value is -3.35. The minimum absolute atomic E-state index is 0.0328. The van der Waals surface area contributed by atoms with Crippen molar-refractivity contribution in [3.63, 3.8) is 0 Å². The second-order valence-electron chi connectivity index (χ2n) is 9.76. The van der Waals surface area contributed by atoms with Gasteiger partial charge in [0.2, 0.25) is 10.0 Å². The van der Waals surface area contributed by atoms with Crippen LogP contribution in [0.5, 0.6) is 5.75 Å². The van der Waals surface area contributed by atoms with Crippen LogP contribution in [-0.4, -0.2) is 48.0 Å². The number of carbonyl (C=O) groups is 1. The third-order valence-electron chi connectivity index (χ3n) is 6.09. The van der Waals surface area contributed by atoms with Gasteiger partial charge in [0.1, 0.15) is 11.6 Å². The van der Waals surface area contributed by atoms with Crippen molar-refractivity contribution >= 4 is 27.1 Å². The predicted octanol–water partition coefficient (Wildman–Crippen LogP) is 4.61. The van der Waals surface area contributed by atoms with E-state index in [0.29, 0.717) is 30.6 Å². The van der Waals surface area contributed by atoms with Gasteiger partial charge in [-0.15, -0.1) is 0 Å². The maximum absolute atomic E-state index is 14.1. The normalized spacial score (nSPS) is 16.8. The van der Waals surface area contributed by atoms with Gasteiger partial charge in [0.05, 0.1) is 28.1 Å². The topological polar surface area (TPSA) is 93.0 Å². The standard InChI is InChI=1S/C24H26F4N4O4S/c1-23(2,3)37(34,35)30-22(33)18-13-29-32-10-8-16(12-20(18)32)31-9-4-5-19(31)17-11-15(25)6-7-21(17)36-14-24(26,27)28/h6-8,10-13,19H,4-5,9,14H2,1-3H3,(H,30,33)/t19-/m1/s1. The summed E-state index contributed by atoms with van der Waals surface area (Å²) in [5, 5.41) is 4.12. The van der Waals surface area contributed by atoms with Gasteiger partial charge in [0.25, 0.3) is 5.91 Å². The molecule has 1 amide bonds. The largest absolute Gasteiger partial charge is 0.484 e. The highest BCUT2D eigenvalue weighted by molar-refractivity contribution is 7.91. The number of ether oxygens (including phenoxy) is 1. The Morgan fingerprint density at radius 3 is 2.59 bits per heavy atom. The zero-order chi connectivity index (χ0) is 27.2. The molecule has 8 nitrogen and oxygen atoms in total. The molecule has 1 aliphatic heterocycles. The van der Waals surface area contributed by atoms with Crippen LogP contribution in [0, 0.1) is 5.82 Å². The molecule has 0 spiro atoms. The zero-order valence-corrected chi connectivity index (χ0v) is 21.2. The van der Waals surface area contributed by atoms with Crippen molar-refractivity contribution in [1.82, 2.24) is 14.3 Å². The molecular weight excluding hydrogens is 516 g/mol. The Kier molecular flexibility index (Phi) is 6.86. The van der Waals surface area contributed by atoms with Crippen molar-refractivity contribution in [2.75, 3.05) is 18.1 Å². The number of aromatic nitrogens is 2. The van der Waals surface area contributed by atoms with E-state index < -0.39 is 45.3 Å². The van der Waals surface area contributed by atoms with Crippen LogP contribution >= 0.6 is 0 Å². The lowest BCUT2D eigenvalue weighted by atomic mass is 10.0. The monoisotopic (exact) mass is 542 g/mol. The first-order valence-corrected chi connectivity index (χ1v) is 12.9. The van der Waals surface area contributed by atoms with Gasteiger partial charge >= 0.3 is 6.18 Å². The third-order valence-corrected chi connectivity index (χ3v) is 8.16. The fourth-order valence-corrected chi connectivity index (χ4v) is 4.78. The van der Waals surface area contributed by atoms with Gasteiger partial charge in [0.15, 0.2) is 6.61 Å². The Balaban J connectivity index is 1.67. The number of fused-ring (bicyclic) bond motifs is 1. The molecule has 3 aromatic rings. The molecule has 1 fully saturated rings. The fourth-order valence-electron chi connectivity index (χ4n) is 4.12. The Morgan fingerprint density at radius 2 is 1.92 bits per heavy atom. The maximum atomic E-state index is 14.1. The van der Waals surface area contributed by atoms with E-state index in [0.717, 1.165) is 6.07 Å². The van der Waals surface area contributed by atoms with Gasteiger partial charge in [-0.05, 0) is 63.9 Å². The molecule has 13 heteroatoms. The lowest BCUT2D eigenvalue weighted by molar-refractivity contribution is -0.153. The highest BCUT2D eigenvalue weighted by atomic mass is 32.2. The summed E-state index contributed by atoms with van der Waals surface area (Å²) in [7, 11) is -3.96. The molecule has 0 radical (unpaired) electrons. The van der Waals surface area contributed by atoms with Crippen molar-refractivity contribution in [2.24, 2.45) is 0 Å². The van der Waals surface area contributed by atoms with Crippen molar-refractivity contribution in [3.8, 4) is 5.75 Å². The van der Waals surface area contributed by atoms with E-state index in [-0.39, 0.29) is 16.9 Å². The second kappa shape index (κ2) is 9.51. The molecule has 4 rings (SSSR count). The highest BCUT2D eigenvalue weighted by Gasteiger charge is 2.34. The van der Waals surface area contributed by atoms with E-state index >= 15 is 0 Å². The molecule has 1 aliphatic rings. The number of sulfonamides is 1. The average molecular weight is 543 g/mol. The Bertz CT molecular complexity index is 1430. The number of halogens is 4. The number of pyridine rings is 1. The van der Waals surface area contributed by atoms with Crippen LogP contribution in [-0.2, 0) is 10.0 Å². The van der Waals surface area contributed by atoms with E-state index in [4.69, 9.17) is 4.74 Å². The van der Waals surface area contributed by atoms with Gasteiger partial charge < -0.3 is 9.64 Å². The van der Waals surface area contributed by atoms with Gasteiger partial charge in [0, 0.05) is 24.0 Å². The first-order chi connectivity index (χ1) is 17.2. The molecule has 0 aliphatic carbocycles. The molecule has 1 aromatic carbocycles. The van der Waals surface area contributed by atoms with E-state index in [1.54, 1.807) is 18.3 Å². The highest BCUT2D eigenvalue weighted by Crippen LogP contribution is 2.41. The molecule has 1 atom stereocenters. The summed E-state index contributed by atoms with van der Waals surface area (Å²) in [5.41, 5.74) is 1.25. The zero-order valence-electron chi connectivity index (χ0n) is 20.3. The summed E-state index contributed by atoms with van der Waals surface area (Å²) in [5.74, 6) is -1.51. The number of hydrogen-bond acceptors (Lipinski definition) is 6. The summed E-state index contributed by atoms with van der Waals surface area (Å²) in [6, 6.07) is 6.26. The van der Waals surface area contributed by atoms with Crippen LogP contribution in [0.15, 0.2) is 42.7 Å². The summed E-state index contributed by atoms with van der Waals surface area (Å²) in [6.07, 6.45) is -0.494. The van der Waals surface area contributed by atoms with Crippen molar-refractivity contribution < 1.29 is 35.5 Å². The number of carbonyl (C=O) groups excluding carboxylic acids is 1. The molecule has 0 saturated carbocycles. The molecule has 0 bridgehead atoms. The van der Waals surface area contributed by atoms with Gasteiger partial charge in [-0.25, -0.2) is 22.0 Å². The summed E-state index contributed by atoms with van der Waals surface area (Å²) < 4.78 is 84.6. The predicted molar refractivity (Wildman–Crippen MR) is 129 cm³/mol. The number of rotatable bonds is 6. The fraction of sp³-hybridized carbons (Fsp3) is 0.417. The van der Waals surface area contributed by atoms with Crippen LogP contribution in [0.25, 0.3) is 5.52 Å². The summed E-state index contributed by atoms with van der Waals surface area (Å²) in [4.78, 5) is 14.7. The summed E-state index contributed by atoms with van der Waals surface area (Å²) in [6.45, 7) is 3.40. The first kappa shape index (κ1) is 26.7. The molecule has 2 aromatic heterocycles. The molecule has 1 N–H and O–H groups in total. The van der Waals surface area contributed by atoms with Crippen LogP contribution < -0.4 is 14.4 Å². The number of nitrogens with zero attached hydrogens (tertiary/aromatic N) is 3. The lowest BCUT2D eigenvalue weighted by Gasteiger charge is -2.29. The smallest absolute Gasteiger partial charge is 0.422 e. The number of amides is 1. The molecule has 3 heterocycles. The van der Waals surface area contributed by atoms with Crippen LogP contribution in [0.1, 0.15) is 55.6 Å².